The Morgan fingerprint density at radius 3 is 1.56 bits per heavy atom. The third-order valence-electron chi connectivity index (χ3n) is 2.39. The van der Waals surface area contributed by atoms with Crippen LogP contribution in [-0.4, -0.2) is 22.6 Å². The molecule has 0 saturated heterocycles. The van der Waals surface area contributed by atoms with Crippen molar-refractivity contribution in [2.45, 2.75) is 41.0 Å². The van der Waals surface area contributed by atoms with Crippen LogP contribution in [0.2, 0.25) is 0 Å². The fourth-order valence-electron chi connectivity index (χ4n) is 0.751. The Morgan fingerprint density at radius 2 is 1.31 bits per heavy atom. The smallest absolute Gasteiger partial charge is 0.316 e. The van der Waals surface area contributed by atoms with Crippen LogP contribution in [-0.2, 0) is 34.5 Å². The molecule has 0 aromatic carbocycles. The molecule has 0 fully saturated rings. The minimum atomic E-state index is -1.49. The second-order valence-electron chi connectivity index (χ2n) is 5.20. The number of carboxylic acid groups (broad SMARTS) is 1. The van der Waals surface area contributed by atoms with Gasteiger partial charge in [-0.15, -0.1) is 0 Å². The zero-order chi connectivity index (χ0) is 12.4. The number of carbonyl (C=O) groups is 3. The third-order valence-corrected chi connectivity index (χ3v) is 2.39. The Kier molecular flexibility index (Phi) is 6.34. The number of hydrogen-bond acceptors (Lipinski definition) is 3. The number of rotatable bonds is 4. The van der Waals surface area contributed by atoms with Crippen LogP contribution in [0.5, 0.6) is 0 Å². The van der Waals surface area contributed by atoms with Crippen molar-refractivity contribution in [3.05, 3.63) is 0 Å². The first-order chi connectivity index (χ1) is 6.49. The summed E-state index contributed by atoms with van der Waals surface area (Å²) >= 11 is 0. The summed E-state index contributed by atoms with van der Waals surface area (Å²) in [5, 5.41) is 8.80. The van der Waals surface area contributed by atoms with Gasteiger partial charge in [-0.25, -0.2) is 0 Å². The second kappa shape index (κ2) is 5.69. The van der Waals surface area contributed by atoms with Crippen molar-refractivity contribution in [3.63, 3.8) is 0 Å². The van der Waals surface area contributed by atoms with E-state index in [4.69, 9.17) is 5.11 Å². The largest absolute Gasteiger partial charge is 0.481 e. The second-order valence-corrected chi connectivity index (χ2v) is 5.20. The molecule has 16 heavy (non-hydrogen) atoms. The van der Waals surface area contributed by atoms with Crippen molar-refractivity contribution in [2.24, 2.45) is 10.8 Å². The van der Waals surface area contributed by atoms with Gasteiger partial charge in [-0.3, -0.25) is 14.4 Å². The van der Waals surface area contributed by atoms with Crippen LogP contribution in [0.25, 0.3) is 0 Å². The van der Waals surface area contributed by atoms with E-state index in [1.54, 1.807) is 20.8 Å². The Labute approximate surface area is 109 Å². The standard InChI is InChI=1S/C11H18O4.Ir/c1-10(2,3)7(12)6-8(13)11(4,5)9(14)15;/h6H2,1-5H3,(H,14,15);. The Hall–Kier alpha value is -0.541. The van der Waals surface area contributed by atoms with Crippen LogP contribution in [0.1, 0.15) is 41.0 Å². The SMILES string of the molecule is CC(C)(C)C(=O)CC(=O)C(C)(C)C(=O)O.[Ir]. The molecule has 0 aromatic rings. The normalized spacial score (nSPS) is 11.6. The molecular formula is C11H18IrO4. The van der Waals surface area contributed by atoms with E-state index in [0.29, 0.717) is 0 Å². The molecule has 4 nitrogen and oxygen atoms in total. The topological polar surface area (TPSA) is 71.4 Å². The molecule has 0 rings (SSSR count). The molecule has 1 radical (unpaired) electrons. The fraction of sp³-hybridized carbons (Fsp3) is 0.727. The maximum Gasteiger partial charge on any atom is 0.316 e. The molecule has 0 heterocycles. The van der Waals surface area contributed by atoms with E-state index in [-0.39, 0.29) is 32.3 Å². The average Bonchev–Trinajstić information content (AvgIpc) is 2.01. The summed E-state index contributed by atoms with van der Waals surface area (Å²) in [7, 11) is 0. The Bertz CT molecular complexity index is 300. The molecule has 0 aliphatic rings. The first-order valence-corrected chi connectivity index (χ1v) is 4.79. The van der Waals surface area contributed by atoms with Crippen LogP contribution in [0, 0.1) is 10.8 Å². The summed E-state index contributed by atoms with van der Waals surface area (Å²) < 4.78 is 0. The van der Waals surface area contributed by atoms with E-state index >= 15 is 0 Å². The molecule has 5 heteroatoms. The van der Waals surface area contributed by atoms with Crippen molar-refractivity contribution < 1.29 is 39.6 Å². The molecule has 95 valence electrons. The van der Waals surface area contributed by atoms with Gasteiger partial charge in [0.05, 0.1) is 6.42 Å². The molecule has 0 saturated carbocycles. The van der Waals surface area contributed by atoms with Gasteiger partial charge in [-0.05, 0) is 13.8 Å². The van der Waals surface area contributed by atoms with Crippen LogP contribution < -0.4 is 0 Å². The van der Waals surface area contributed by atoms with Gasteiger partial charge < -0.3 is 5.11 Å². The van der Waals surface area contributed by atoms with Crippen LogP contribution in [0.4, 0.5) is 0 Å². The minimum absolute atomic E-state index is 0. The number of carboxylic acids is 1. The predicted molar refractivity (Wildman–Crippen MR) is 55.5 cm³/mol. The molecule has 0 aromatic heterocycles. The van der Waals surface area contributed by atoms with Gasteiger partial charge in [-0.2, -0.15) is 0 Å². The van der Waals surface area contributed by atoms with Gasteiger partial charge >= 0.3 is 5.97 Å². The first-order valence-electron chi connectivity index (χ1n) is 4.79. The van der Waals surface area contributed by atoms with Gasteiger partial charge in [0.1, 0.15) is 11.2 Å². The maximum atomic E-state index is 11.6. The quantitative estimate of drug-likeness (QED) is 0.721. The monoisotopic (exact) mass is 407 g/mol. The van der Waals surface area contributed by atoms with Gasteiger partial charge in [0, 0.05) is 25.5 Å². The molecule has 0 bridgehead atoms. The first kappa shape index (κ1) is 17.8. The van der Waals surface area contributed by atoms with Crippen molar-refractivity contribution >= 4 is 17.5 Å². The van der Waals surface area contributed by atoms with E-state index in [9.17, 15) is 14.4 Å². The number of hydrogen-bond donors (Lipinski definition) is 1. The van der Waals surface area contributed by atoms with Crippen molar-refractivity contribution in [3.8, 4) is 0 Å². The van der Waals surface area contributed by atoms with Crippen molar-refractivity contribution in [1.29, 1.82) is 0 Å². The molecule has 0 atom stereocenters. The molecule has 0 unspecified atom stereocenters. The van der Waals surface area contributed by atoms with Gasteiger partial charge in [0.2, 0.25) is 0 Å². The number of carbonyl (C=O) groups excluding carboxylic acids is 2. The summed E-state index contributed by atoms with van der Waals surface area (Å²) in [5.74, 6) is -1.98. The minimum Gasteiger partial charge on any atom is -0.481 e. The summed E-state index contributed by atoms with van der Waals surface area (Å²) in [6.07, 6.45) is -0.317. The van der Waals surface area contributed by atoms with Crippen LogP contribution >= 0.6 is 0 Å². The number of ketones is 2. The average molecular weight is 406 g/mol. The van der Waals surface area contributed by atoms with E-state index in [2.05, 4.69) is 0 Å². The van der Waals surface area contributed by atoms with E-state index < -0.39 is 22.6 Å². The van der Waals surface area contributed by atoms with Crippen molar-refractivity contribution in [2.75, 3.05) is 0 Å². The molecule has 0 aliphatic carbocycles. The summed E-state index contributed by atoms with van der Waals surface area (Å²) in [4.78, 5) is 33.9. The van der Waals surface area contributed by atoms with Crippen LogP contribution in [0.3, 0.4) is 0 Å². The zero-order valence-electron chi connectivity index (χ0n) is 10.2. The fourth-order valence-corrected chi connectivity index (χ4v) is 0.751. The van der Waals surface area contributed by atoms with Crippen LogP contribution in [0.15, 0.2) is 0 Å². The summed E-state index contributed by atoms with van der Waals surface area (Å²) in [6, 6.07) is 0. The van der Waals surface area contributed by atoms with Gasteiger partial charge in [-0.1, -0.05) is 20.8 Å². The molecule has 0 spiro atoms. The van der Waals surface area contributed by atoms with Gasteiger partial charge in [0.15, 0.2) is 5.78 Å². The summed E-state index contributed by atoms with van der Waals surface area (Å²) in [5.41, 5.74) is -2.09. The number of Topliss-reactive ketones (excluding diaryl/α,β-unsaturated/α-hetero) is 2. The van der Waals surface area contributed by atoms with E-state index in [0.717, 1.165) is 0 Å². The molecular weight excluding hydrogens is 388 g/mol. The number of aliphatic carboxylic acids is 1. The van der Waals surface area contributed by atoms with E-state index in [1.165, 1.54) is 13.8 Å². The maximum absolute atomic E-state index is 11.6. The molecule has 0 aliphatic heterocycles. The molecule has 1 N–H and O–H groups in total. The zero-order valence-corrected chi connectivity index (χ0v) is 12.6. The van der Waals surface area contributed by atoms with Crippen molar-refractivity contribution in [1.82, 2.24) is 0 Å². The summed E-state index contributed by atoms with van der Waals surface area (Å²) in [6.45, 7) is 7.74. The predicted octanol–water partition coefficient (Wildman–Crippen LogP) is 1.67. The Morgan fingerprint density at radius 1 is 0.938 bits per heavy atom. The van der Waals surface area contributed by atoms with Gasteiger partial charge in [0.25, 0.3) is 0 Å². The Balaban J connectivity index is 0. The van der Waals surface area contributed by atoms with E-state index in [1.807, 2.05) is 0 Å². The molecule has 0 amide bonds. The third kappa shape index (κ3) is 4.54.